The molecule has 0 aliphatic carbocycles. The maximum Gasteiger partial charge on any atom is 0.248 e. The van der Waals surface area contributed by atoms with Crippen molar-refractivity contribution >= 4 is 11.8 Å². The molecule has 2 amide bonds. The minimum Gasteiger partial charge on any atom is -0.340 e. The third kappa shape index (κ3) is 2.74. The van der Waals surface area contributed by atoms with Crippen LogP contribution >= 0.6 is 0 Å². The van der Waals surface area contributed by atoms with E-state index in [1.165, 1.54) is 0 Å². The van der Waals surface area contributed by atoms with Crippen LogP contribution in [0.15, 0.2) is 0 Å². The molecule has 1 aliphatic heterocycles. The second-order valence-corrected chi connectivity index (χ2v) is 5.96. The van der Waals surface area contributed by atoms with Gasteiger partial charge in [0.2, 0.25) is 11.8 Å². The van der Waals surface area contributed by atoms with Gasteiger partial charge in [-0.15, -0.1) is 0 Å². The second kappa shape index (κ2) is 4.07. The van der Waals surface area contributed by atoms with Crippen LogP contribution < -0.4 is 5.32 Å². The van der Waals surface area contributed by atoms with Crippen LogP contribution in [0, 0.1) is 5.41 Å². The molecule has 16 heavy (non-hydrogen) atoms. The highest BCUT2D eigenvalue weighted by Crippen LogP contribution is 2.22. The van der Waals surface area contributed by atoms with Gasteiger partial charge in [-0.3, -0.25) is 9.59 Å². The molecule has 1 unspecified atom stereocenters. The van der Waals surface area contributed by atoms with Gasteiger partial charge in [-0.05, 0) is 18.8 Å². The number of piperazine rings is 1. The second-order valence-electron chi connectivity index (χ2n) is 5.96. The third-order valence-electron chi connectivity index (χ3n) is 2.88. The maximum atomic E-state index is 12.2. The quantitative estimate of drug-likeness (QED) is 0.768. The van der Waals surface area contributed by atoms with Gasteiger partial charge in [-0.1, -0.05) is 27.7 Å². The lowest BCUT2D eigenvalue weighted by Crippen LogP contribution is -2.65. The lowest BCUT2D eigenvalue weighted by atomic mass is 9.90. The van der Waals surface area contributed by atoms with Crippen molar-refractivity contribution in [3.63, 3.8) is 0 Å². The molecule has 0 bridgehead atoms. The lowest BCUT2D eigenvalue weighted by Gasteiger charge is -2.41. The summed E-state index contributed by atoms with van der Waals surface area (Å²) >= 11 is 0. The van der Waals surface area contributed by atoms with Crippen molar-refractivity contribution in [3.8, 4) is 0 Å². The molecule has 4 nitrogen and oxygen atoms in total. The Morgan fingerprint density at radius 1 is 1.38 bits per heavy atom. The summed E-state index contributed by atoms with van der Waals surface area (Å²) in [5, 5.41) is 2.78. The minimum absolute atomic E-state index is 0.0158. The van der Waals surface area contributed by atoms with E-state index >= 15 is 0 Å². The molecule has 0 radical (unpaired) electrons. The predicted molar refractivity (Wildman–Crippen MR) is 62.9 cm³/mol. The number of nitrogens with zero attached hydrogens (tertiary/aromatic N) is 1. The molecule has 0 saturated carbocycles. The number of rotatable bonds is 2. The molecule has 1 rings (SSSR count). The fraction of sp³-hybridized carbons (Fsp3) is 0.833. The van der Waals surface area contributed by atoms with Crippen LogP contribution in [-0.2, 0) is 9.59 Å². The van der Waals surface area contributed by atoms with Crippen LogP contribution in [0.4, 0.5) is 0 Å². The minimum atomic E-state index is -0.722. The molecule has 1 heterocycles. The first-order valence-corrected chi connectivity index (χ1v) is 5.78. The molecular formula is C12H22N2O2. The van der Waals surface area contributed by atoms with Crippen molar-refractivity contribution in [2.75, 3.05) is 13.1 Å². The Morgan fingerprint density at radius 3 is 2.38 bits per heavy atom. The lowest BCUT2D eigenvalue weighted by molar-refractivity contribution is -0.150. The first-order chi connectivity index (χ1) is 7.18. The molecule has 1 fully saturated rings. The summed E-state index contributed by atoms with van der Waals surface area (Å²) < 4.78 is 0. The zero-order chi connectivity index (χ0) is 12.6. The zero-order valence-electron chi connectivity index (χ0n) is 10.9. The van der Waals surface area contributed by atoms with Gasteiger partial charge in [0.15, 0.2) is 0 Å². The molecule has 0 aromatic rings. The Kier molecular flexibility index (Phi) is 3.31. The van der Waals surface area contributed by atoms with Gasteiger partial charge >= 0.3 is 0 Å². The predicted octanol–water partition coefficient (Wildman–Crippen LogP) is 1.16. The van der Waals surface area contributed by atoms with E-state index in [0.29, 0.717) is 13.0 Å². The number of carbonyl (C=O) groups excluding carboxylic acids is 2. The zero-order valence-corrected chi connectivity index (χ0v) is 10.9. The highest BCUT2D eigenvalue weighted by Gasteiger charge is 2.42. The normalized spacial score (nSPS) is 26.9. The number of hydrogen-bond acceptors (Lipinski definition) is 2. The van der Waals surface area contributed by atoms with Gasteiger partial charge in [-0.2, -0.15) is 0 Å². The van der Waals surface area contributed by atoms with E-state index in [9.17, 15) is 9.59 Å². The Morgan fingerprint density at radius 2 is 1.94 bits per heavy atom. The largest absolute Gasteiger partial charge is 0.340 e. The smallest absolute Gasteiger partial charge is 0.248 e. The van der Waals surface area contributed by atoms with Crippen LogP contribution in [0.25, 0.3) is 0 Å². The van der Waals surface area contributed by atoms with E-state index in [4.69, 9.17) is 0 Å². The molecular weight excluding hydrogens is 204 g/mol. The highest BCUT2D eigenvalue weighted by molar-refractivity contribution is 5.97. The number of nitrogens with one attached hydrogen (secondary N) is 1. The summed E-state index contributed by atoms with van der Waals surface area (Å²) in [5.74, 6) is -0.0299. The van der Waals surface area contributed by atoms with E-state index in [2.05, 4.69) is 26.1 Å². The van der Waals surface area contributed by atoms with Gasteiger partial charge < -0.3 is 10.2 Å². The fourth-order valence-electron chi connectivity index (χ4n) is 1.93. The molecule has 0 spiro atoms. The van der Waals surface area contributed by atoms with Crippen LogP contribution in [0.5, 0.6) is 0 Å². The first-order valence-electron chi connectivity index (χ1n) is 5.78. The van der Waals surface area contributed by atoms with Gasteiger partial charge in [-0.25, -0.2) is 0 Å². The standard InChI is InChI=1S/C12H22N2O2/c1-6-12(5)10(16)14(7-9(15)13-12)8-11(2,3)4/h6-8H2,1-5H3,(H,13,15). The van der Waals surface area contributed by atoms with Crippen molar-refractivity contribution in [1.29, 1.82) is 0 Å². The molecule has 0 aromatic carbocycles. The van der Waals surface area contributed by atoms with Gasteiger partial charge in [0.25, 0.3) is 0 Å². The highest BCUT2D eigenvalue weighted by atomic mass is 16.2. The van der Waals surface area contributed by atoms with Crippen molar-refractivity contribution in [2.45, 2.75) is 46.6 Å². The number of carbonyl (C=O) groups is 2. The number of amides is 2. The molecule has 1 atom stereocenters. The molecule has 4 heteroatoms. The van der Waals surface area contributed by atoms with Crippen LogP contribution in [0.3, 0.4) is 0 Å². The van der Waals surface area contributed by atoms with E-state index in [-0.39, 0.29) is 23.8 Å². The first kappa shape index (κ1) is 13.0. The Balaban J connectivity index is 2.86. The third-order valence-corrected chi connectivity index (χ3v) is 2.88. The Hall–Kier alpha value is -1.06. The number of hydrogen-bond donors (Lipinski definition) is 1. The average Bonchev–Trinajstić information content (AvgIpc) is 2.11. The van der Waals surface area contributed by atoms with Gasteiger partial charge in [0.05, 0.1) is 6.54 Å². The van der Waals surface area contributed by atoms with E-state index < -0.39 is 5.54 Å². The van der Waals surface area contributed by atoms with Crippen molar-refractivity contribution in [1.82, 2.24) is 10.2 Å². The van der Waals surface area contributed by atoms with Crippen LogP contribution in [0.1, 0.15) is 41.0 Å². The molecule has 1 N–H and O–H groups in total. The Labute approximate surface area is 97.4 Å². The topological polar surface area (TPSA) is 49.4 Å². The monoisotopic (exact) mass is 226 g/mol. The molecule has 1 saturated heterocycles. The van der Waals surface area contributed by atoms with Crippen molar-refractivity contribution in [2.24, 2.45) is 5.41 Å². The maximum absolute atomic E-state index is 12.2. The summed E-state index contributed by atoms with van der Waals surface area (Å²) in [7, 11) is 0. The van der Waals surface area contributed by atoms with Crippen LogP contribution in [0.2, 0.25) is 0 Å². The summed E-state index contributed by atoms with van der Waals surface area (Å²) in [6.45, 7) is 10.7. The fourth-order valence-corrected chi connectivity index (χ4v) is 1.93. The van der Waals surface area contributed by atoms with E-state index in [1.54, 1.807) is 11.8 Å². The molecule has 0 aromatic heterocycles. The van der Waals surface area contributed by atoms with Crippen molar-refractivity contribution < 1.29 is 9.59 Å². The van der Waals surface area contributed by atoms with E-state index in [0.717, 1.165) is 0 Å². The Bertz CT molecular complexity index is 307. The molecule has 92 valence electrons. The summed E-state index contributed by atoms with van der Waals surface area (Å²) in [4.78, 5) is 25.5. The van der Waals surface area contributed by atoms with E-state index in [1.807, 2.05) is 6.92 Å². The van der Waals surface area contributed by atoms with Gasteiger partial charge in [0.1, 0.15) is 5.54 Å². The SMILES string of the molecule is CCC1(C)NC(=O)CN(CC(C)(C)C)C1=O. The average molecular weight is 226 g/mol. The van der Waals surface area contributed by atoms with Gasteiger partial charge in [0, 0.05) is 6.54 Å². The van der Waals surface area contributed by atoms with Crippen molar-refractivity contribution in [3.05, 3.63) is 0 Å². The van der Waals surface area contributed by atoms with Crippen LogP contribution in [-0.4, -0.2) is 35.3 Å². The summed E-state index contributed by atoms with van der Waals surface area (Å²) in [6, 6.07) is 0. The molecule has 1 aliphatic rings. The summed E-state index contributed by atoms with van der Waals surface area (Å²) in [6.07, 6.45) is 0.623. The summed E-state index contributed by atoms with van der Waals surface area (Å²) in [5.41, 5.74) is -0.706.